The van der Waals surface area contributed by atoms with Gasteiger partial charge in [0.05, 0.1) is 0 Å². The van der Waals surface area contributed by atoms with Crippen molar-refractivity contribution in [1.82, 2.24) is 4.90 Å². The Kier molecular flexibility index (Phi) is 2.71. The van der Waals surface area contributed by atoms with Gasteiger partial charge in [-0.05, 0) is 42.7 Å². The van der Waals surface area contributed by atoms with Crippen molar-refractivity contribution in [1.29, 1.82) is 0 Å². The average molecular weight is 250 g/mol. The minimum atomic E-state index is -0.188. The lowest BCUT2D eigenvalue weighted by molar-refractivity contribution is -0.134. The maximum absolute atomic E-state index is 12.2. The number of carbonyl (C=O) groups is 1. The molecule has 2 N–H and O–H groups in total. The van der Waals surface area contributed by atoms with E-state index in [1.165, 1.54) is 16.9 Å². The fourth-order valence-electron chi connectivity index (χ4n) is 2.68. The van der Waals surface area contributed by atoms with Crippen LogP contribution in [0, 0.1) is 0 Å². The molecule has 0 spiro atoms. The van der Waals surface area contributed by atoms with Crippen LogP contribution in [0.15, 0.2) is 11.4 Å². The highest BCUT2D eigenvalue weighted by molar-refractivity contribution is 7.10. The van der Waals surface area contributed by atoms with Crippen LogP contribution in [0.4, 0.5) is 0 Å². The molecule has 0 atom stereocenters. The van der Waals surface area contributed by atoms with E-state index >= 15 is 0 Å². The molecule has 17 heavy (non-hydrogen) atoms. The molecule has 0 unspecified atom stereocenters. The molecule has 1 amide bonds. The molecule has 0 aromatic carbocycles. The number of thiophene rings is 1. The summed E-state index contributed by atoms with van der Waals surface area (Å²) in [6.45, 7) is 1.65. The van der Waals surface area contributed by atoms with E-state index in [4.69, 9.17) is 5.73 Å². The molecule has 0 radical (unpaired) electrons. The molecule has 1 fully saturated rings. The summed E-state index contributed by atoms with van der Waals surface area (Å²) < 4.78 is 0. The Bertz CT molecular complexity index is 436. The van der Waals surface area contributed by atoms with Crippen molar-refractivity contribution >= 4 is 17.2 Å². The predicted octanol–water partition coefficient (Wildman–Crippen LogP) is 1.90. The molecule has 0 saturated heterocycles. The molecule has 3 rings (SSSR count). The fourth-order valence-corrected chi connectivity index (χ4v) is 3.57. The van der Waals surface area contributed by atoms with Crippen molar-refractivity contribution in [2.45, 2.75) is 44.2 Å². The SMILES string of the molecule is NC1(CC(=O)N2CCc3sccc3C2)CCC1. The monoisotopic (exact) mass is 250 g/mol. The zero-order valence-corrected chi connectivity index (χ0v) is 10.8. The van der Waals surface area contributed by atoms with Gasteiger partial charge in [0, 0.05) is 29.9 Å². The van der Waals surface area contributed by atoms with Gasteiger partial charge in [-0.1, -0.05) is 0 Å². The van der Waals surface area contributed by atoms with Crippen molar-refractivity contribution in [3.63, 3.8) is 0 Å². The molecule has 4 heteroatoms. The normalized spacial score (nSPS) is 21.8. The standard InChI is InChI=1S/C13H18N2OS/c14-13(4-1-5-13)8-12(16)15-6-2-11-10(9-15)3-7-17-11/h3,7H,1-2,4-6,8-9,14H2. The van der Waals surface area contributed by atoms with Crippen molar-refractivity contribution < 1.29 is 4.79 Å². The smallest absolute Gasteiger partial charge is 0.224 e. The Hall–Kier alpha value is -0.870. The molecule has 1 saturated carbocycles. The van der Waals surface area contributed by atoms with Gasteiger partial charge in [-0.15, -0.1) is 11.3 Å². The van der Waals surface area contributed by atoms with Gasteiger partial charge in [-0.25, -0.2) is 0 Å². The number of amides is 1. The first kappa shape index (κ1) is 11.2. The Morgan fingerprint density at radius 1 is 1.53 bits per heavy atom. The van der Waals surface area contributed by atoms with Crippen LogP contribution in [0.5, 0.6) is 0 Å². The molecule has 2 aliphatic rings. The van der Waals surface area contributed by atoms with E-state index in [0.717, 1.165) is 32.4 Å². The van der Waals surface area contributed by atoms with Crippen LogP contribution < -0.4 is 5.73 Å². The number of nitrogens with zero attached hydrogens (tertiary/aromatic N) is 1. The molecule has 0 bridgehead atoms. The van der Waals surface area contributed by atoms with Crippen LogP contribution in [-0.4, -0.2) is 22.9 Å². The number of rotatable bonds is 2. The molecule has 1 aromatic heterocycles. The van der Waals surface area contributed by atoms with E-state index in [2.05, 4.69) is 11.4 Å². The van der Waals surface area contributed by atoms with E-state index in [9.17, 15) is 4.79 Å². The third-order valence-corrected chi connectivity index (χ3v) is 5.04. The van der Waals surface area contributed by atoms with Crippen LogP contribution in [-0.2, 0) is 17.8 Å². The quantitative estimate of drug-likeness (QED) is 0.871. The Labute approximate surface area is 106 Å². The summed E-state index contributed by atoms with van der Waals surface area (Å²) in [5, 5.41) is 2.12. The first-order valence-corrected chi connectivity index (χ1v) is 7.16. The fraction of sp³-hybridized carbons (Fsp3) is 0.615. The van der Waals surface area contributed by atoms with Gasteiger partial charge >= 0.3 is 0 Å². The van der Waals surface area contributed by atoms with Crippen molar-refractivity contribution in [2.75, 3.05) is 6.54 Å². The molecule has 2 heterocycles. The highest BCUT2D eigenvalue weighted by Crippen LogP contribution is 2.33. The molecular weight excluding hydrogens is 232 g/mol. The number of fused-ring (bicyclic) bond motifs is 1. The second-order valence-corrected chi connectivity index (χ2v) is 6.33. The second-order valence-electron chi connectivity index (χ2n) is 5.33. The largest absolute Gasteiger partial charge is 0.338 e. The average Bonchev–Trinajstić information content (AvgIpc) is 2.73. The predicted molar refractivity (Wildman–Crippen MR) is 68.8 cm³/mol. The molecule has 1 aromatic rings. The summed E-state index contributed by atoms with van der Waals surface area (Å²) in [6.07, 6.45) is 4.74. The highest BCUT2D eigenvalue weighted by atomic mass is 32.1. The van der Waals surface area contributed by atoms with E-state index in [-0.39, 0.29) is 11.4 Å². The van der Waals surface area contributed by atoms with Gasteiger partial charge in [0.1, 0.15) is 0 Å². The highest BCUT2D eigenvalue weighted by Gasteiger charge is 2.36. The second kappa shape index (κ2) is 4.10. The van der Waals surface area contributed by atoms with Crippen molar-refractivity contribution in [3.8, 4) is 0 Å². The van der Waals surface area contributed by atoms with Gasteiger partial charge < -0.3 is 10.6 Å². The summed E-state index contributed by atoms with van der Waals surface area (Å²) in [5.74, 6) is 0.240. The van der Waals surface area contributed by atoms with Crippen LogP contribution in [0.3, 0.4) is 0 Å². The number of nitrogens with two attached hydrogens (primary N) is 1. The minimum absolute atomic E-state index is 0.188. The van der Waals surface area contributed by atoms with Gasteiger partial charge in [-0.2, -0.15) is 0 Å². The molecule has 1 aliphatic carbocycles. The van der Waals surface area contributed by atoms with Crippen molar-refractivity contribution in [2.24, 2.45) is 5.73 Å². The summed E-state index contributed by atoms with van der Waals surface area (Å²) in [7, 11) is 0. The third-order valence-electron chi connectivity index (χ3n) is 4.01. The zero-order valence-electron chi connectivity index (χ0n) is 9.95. The van der Waals surface area contributed by atoms with E-state index in [0.29, 0.717) is 6.42 Å². The van der Waals surface area contributed by atoms with Crippen LogP contribution in [0.25, 0.3) is 0 Å². The summed E-state index contributed by atoms with van der Waals surface area (Å²) in [6, 6.07) is 2.14. The van der Waals surface area contributed by atoms with E-state index in [1.807, 2.05) is 4.90 Å². The Balaban J connectivity index is 1.64. The number of hydrogen-bond acceptors (Lipinski definition) is 3. The first-order valence-electron chi connectivity index (χ1n) is 6.28. The lowest BCUT2D eigenvalue weighted by atomic mass is 9.75. The van der Waals surface area contributed by atoms with Crippen molar-refractivity contribution in [3.05, 3.63) is 21.9 Å². The van der Waals surface area contributed by atoms with E-state index in [1.54, 1.807) is 11.3 Å². The summed E-state index contributed by atoms with van der Waals surface area (Å²) in [5.41, 5.74) is 7.28. The Morgan fingerprint density at radius 2 is 2.35 bits per heavy atom. The van der Waals surface area contributed by atoms with Crippen LogP contribution in [0.1, 0.15) is 36.1 Å². The van der Waals surface area contributed by atoms with Crippen LogP contribution >= 0.6 is 11.3 Å². The maximum atomic E-state index is 12.2. The van der Waals surface area contributed by atoms with Gasteiger partial charge in [-0.3, -0.25) is 4.79 Å². The van der Waals surface area contributed by atoms with Gasteiger partial charge in [0.2, 0.25) is 5.91 Å². The number of carbonyl (C=O) groups excluding carboxylic acids is 1. The third kappa shape index (κ3) is 2.11. The first-order chi connectivity index (χ1) is 8.16. The molecular formula is C13H18N2OS. The van der Waals surface area contributed by atoms with E-state index < -0.39 is 0 Å². The lowest BCUT2D eigenvalue weighted by Crippen LogP contribution is -2.51. The van der Waals surface area contributed by atoms with Gasteiger partial charge in [0.15, 0.2) is 0 Å². The molecule has 1 aliphatic heterocycles. The number of hydrogen-bond donors (Lipinski definition) is 1. The van der Waals surface area contributed by atoms with Crippen LogP contribution in [0.2, 0.25) is 0 Å². The van der Waals surface area contributed by atoms with Gasteiger partial charge in [0.25, 0.3) is 0 Å². The topological polar surface area (TPSA) is 46.3 Å². The molecule has 3 nitrogen and oxygen atoms in total. The lowest BCUT2D eigenvalue weighted by Gasteiger charge is -2.39. The Morgan fingerprint density at radius 3 is 3.06 bits per heavy atom. The maximum Gasteiger partial charge on any atom is 0.224 e. The minimum Gasteiger partial charge on any atom is -0.338 e. The zero-order chi connectivity index (χ0) is 11.9. The summed E-state index contributed by atoms with van der Waals surface area (Å²) in [4.78, 5) is 15.6. The molecule has 92 valence electrons. The summed E-state index contributed by atoms with van der Waals surface area (Å²) >= 11 is 1.81.